The number of nitrogens with zero attached hydrogens (tertiary/aromatic N) is 4. The summed E-state index contributed by atoms with van der Waals surface area (Å²) in [5.74, 6) is -0.164. The molecular formula is C18H14N6O. The number of primary amides is 1. The molecule has 0 unspecified atom stereocenters. The van der Waals surface area contributed by atoms with Crippen LogP contribution >= 0.6 is 0 Å². The summed E-state index contributed by atoms with van der Waals surface area (Å²) in [6.07, 6.45) is 1.51. The molecule has 25 heavy (non-hydrogen) atoms. The van der Waals surface area contributed by atoms with E-state index in [0.717, 1.165) is 11.3 Å². The molecule has 7 heteroatoms. The van der Waals surface area contributed by atoms with Crippen molar-refractivity contribution >= 4 is 23.2 Å². The van der Waals surface area contributed by atoms with Crippen LogP contribution in [0.25, 0.3) is 16.9 Å². The van der Waals surface area contributed by atoms with E-state index in [9.17, 15) is 4.79 Å². The van der Waals surface area contributed by atoms with Gasteiger partial charge in [-0.3, -0.25) is 9.78 Å². The molecule has 0 saturated carbocycles. The standard InChI is InChI=1S/C18H14N6O/c19-17(25)14-11-13(9-10-20-14)21-18-22-16-8-4-7-15(24(16)23-18)12-5-2-1-3-6-12/h1-11H,(H2,19,25)(H,20,21,23). The van der Waals surface area contributed by atoms with Gasteiger partial charge in [0, 0.05) is 17.4 Å². The van der Waals surface area contributed by atoms with Gasteiger partial charge in [0.2, 0.25) is 5.95 Å². The van der Waals surface area contributed by atoms with E-state index in [1.807, 2.05) is 48.5 Å². The molecule has 1 amide bonds. The minimum absolute atomic E-state index is 0.179. The Hall–Kier alpha value is -3.74. The van der Waals surface area contributed by atoms with Crippen molar-refractivity contribution in [1.29, 1.82) is 0 Å². The average molecular weight is 330 g/mol. The molecule has 0 aliphatic rings. The van der Waals surface area contributed by atoms with E-state index in [1.54, 1.807) is 16.6 Å². The van der Waals surface area contributed by atoms with E-state index in [1.165, 1.54) is 6.20 Å². The molecular weight excluding hydrogens is 316 g/mol. The van der Waals surface area contributed by atoms with Gasteiger partial charge in [-0.25, -0.2) is 4.52 Å². The number of nitrogens with two attached hydrogens (primary N) is 1. The second kappa shape index (κ2) is 6.04. The van der Waals surface area contributed by atoms with Crippen LogP contribution < -0.4 is 11.1 Å². The van der Waals surface area contributed by atoms with Crippen molar-refractivity contribution in [3.63, 3.8) is 0 Å². The predicted octanol–water partition coefficient (Wildman–Crippen LogP) is 2.63. The number of pyridine rings is 2. The van der Waals surface area contributed by atoms with Crippen molar-refractivity contribution in [2.45, 2.75) is 0 Å². The topological polar surface area (TPSA) is 98.2 Å². The van der Waals surface area contributed by atoms with Crippen LogP contribution in [0.1, 0.15) is 10.5 Å². The largest absolute Gasteiger partial charge is 0.364 e. The van der Waals surface area contributed by atoms with Crippen LogP contribution in [0.2, 0.25) is 0 Å². The first-order valence-electron chi connectivity index (χ1n) is 7.65. The molecule has 3 heterocycles. The molecule has 0 aliphatic heterocycles. The van der Waals surface area contributed by atoms with E-state index >= 15 is 0 Å². The van der Waals surface area contributed by atoms with Gasteiger partial charge < -0.3 is 11.1 Å². The van der Waals surface area contributed by atoms with Crippen molar-refractivity contribution in [3.8, 4) is 11.3 Å². The number of rotatable bonds is 4. The molecule has 0 spiro atoms. The van der Waals surface area contributed by atoms with Gasteiger partial charge in [-0.1, -0.05) is 36.4 Å². The molecule has 122 valence electrons. The molecule has 1 aromatic carbocycles. The fourth-order valence-electron chi connectivity index (χ4n) is 2.56. The number of nitrogens with one attached hydrogen (secondary N) is 1. The molecule has 3 aromatic heterocycles. The molecule has 7 nitrogen and oxygen atoms in total. The minimum Gasteiger partial charge on any atom is -0.364 e. The van der Waals surface area contributed by atoms with Crippen LogP contribution in [0.15, 0.2) is 66.9 Å². The summed E-state index contributed by atoms with van der Waals surface area (Å²) in [7, 11) is 0. The highest BCUT2D eigenvalue weighted by atomic mass is 16.1. The average Bonchev–Trinajstić information content (AvgIpc) is 3.05. The van der Waals surface area contributed by atoms with Crippen molar-refractivity contribution in [3.05, 3.63) is 72.6 Å². The Morgan fingerprint density at radius 2 is 1.88 bits per heavy atom. The van der Waals surface area contributed by atoms with Gasteiger partial charge in [-0.2, -0.15) is 4.98 Å². The molecule has 4 rings (SSSR count). The monoisotopic (exact) mass is 330 g/mol. The molecule has 0 fully saturated rings. The van der Waals surface area contributed by atoms with Gasteiger partial charge >= 0.3 is 0 Å². The fourth-order valence-corrected chi connectivity index (χ4v) is 2.56. The molecule has 0 radical (unpaired) electrons. The lowest BCUT2D eigenvalue weighted by atomic mass is 10.1. The zero-order valence-corrected chi connectivity index (χ0v) is 13.1. The molecule has 4 aromatic rings. The first-order valence-corrected chi connectivity index (χ1v) is 7.65. The zero-order chi connectivity index (χ0) is 17.2. The third-order valence-electron chi connectivity index (χ3n) is 3.70. The van der Waals surface area contributed by atoms with Crippen LogP contribution in [0.4, 0.5) is 11.6 Å². The highest BCUT2D eigenvalue weighted by molar-refractivity contribution is 5.91. The Balaban J connectivity index is 1.73. The molecule has 0 atom stereocenters. The second-order valence-corrected chi connectivity index (χ2v) is 5.40. The van der Waals surface area contributed by atoms with E-state index in [4.69, 9.17) is 5.73 Å². The lowest BCUT2D eigenvalue weighted by Crippen LogP contribution is -2.13. The van der Waals surface area contributed by atoms with E-state index < -0.39 is 5.91 Å². The van der Waals surface area contributed by atoms with Gasteiger partial charge in [0.15, 0.2) is 5.65 Å². The summed E-state index contributed by atoms with van der Waals surface area (Å²) in [4.78, 5) is 19.6. The zero-order valence-electron chi connectivity index (χ0n) is 13.1. The quantitative estimate of drug-likeness (QED) is 0.599. The third-order valence-corrected chi connectivity index (χ3v) is 3.70. The number of amides is 1. The first-order chi connectivity index (χ1) is 12.2. The number of carbonyl (C=O) groups excluding carboxylic acids is 1. The van der Waals surface area contributed by atoms with Crippen molar-refractivity contribution in [2.75, 3.05) is 5.32 Å². The van der Waals surface area contributed by atoms with Gasteiger partial charge in [-0.05, 0) is 24.3 Å². The summed E-state index contributed by atoms with van der Waals surface area (Å²) in [5, 5.41) is 7.59. The van der Waals surface area contributed by atoms with Gasteiger partial charge in [-0.15, -0.1) is 5.10 Å². The maximum absolute atomic E-state index is 11.2. The summed E-state index contributed by atoms with van der Waals surface area (Å²) in [6.45, 7) is 0. The van der Waals surface area contributed by atoms with Crippen LogP contribution in [0.3, 0.4) is 0 Å². The number of benzene rings is 1. The Labute approximate surface area is 143 Å². The van der Waals surface area contributed by atoms with Crippen LogP contribution in [0.5, 0.6) is 0 Å². The van der Waals surface area contributed by atoms with Gasteiger partial charge in [0.25, 0.3) is 5.91 Å². The normalized spacial score (nSPS) is 10.7. The Morgan fingerprint density at radius 3 is 2.68 bits per heavy atom. The third kappa shape index (κ3) is 2.90. The molecule has 3 N–H and O–H groups in total. The number of hydrogen-bond acceptors (Lipinski definition) is 5. The van der Waals surface area contributed by atoms with Crippen LogP contribution in [-0.4, -0.2) is 25.5 Å². The number of carbonyl (C=O) groups is 1. The highest BCUT2D eigenvalue weighted by Gasteiger charge is 2.10. The SMILES string of the molecule is NC(=O)c1cc(Nc2nc3cccc(-c4ccccc4)n3n2)ccn1. The summed E-state index contributed by atoms with van der Waals surface area (Å²) < 4.78 is 1.77. The van der Waals surface area contributed by atoms with E-state index in [2.05, 4.69) is 20.4 Å². The van der Waals surface area contributed by atoms with Gasteiger partial charge in [0.1, 0.15) is 5.69 Å². The van der Waals surface area contributed by atoms with E-state index in [-0.39, 0.29) is 5.69 Å². The van der Waals surface area contributed by atoms with Crippen LogP contribution in [0, 0.1) is 0 Å². The Morgan fingerprint density at radius 1 is 1.04 bits per heavy atom. The Kier molecular flexibility index (Phi) is 3.59. The number of hydrogen-bond donors (Lipinski definition) is 2. The summed E-state index contributed by atoms with van der Waals surface area (Å²) in [5.41, 5.74) is 8.77. The lowest BCUT2D eigenvalue weighted by molar-refractivity contribution is 0.0995. The first kappa shape index (κ1) is 14.8. The predicted molar refractivity (Wildman–Crippen MR) is 94.5 cm³/mol. The van der Waals surface area contributed by atoms with Crippen molar-refractivity contribution < 1.29 is 4.79 Å². The van der Waals surface area contributed by atoms with E-state index in [0.29, 0.717) is 17.3 Å². The number of anilines is 2. The van der Waals surface area contributed by atoms with Gasteiger partial charge in [0.05, 0.1) is 5.69 Å². The van der Waals surface area contributed by atoms with Crippen LogP contribution in [-0.2, 0) is 0 Å². The maximum Gasteiger partial charge on any atom is 0.267 e. The summed E-state index contributed by atoms with van der Waals surface area (Å²) >= 11 is 0. The maximum atomic E-state index is 11.2. The smallest absolute Gasteiger partial charge is 0.267 e. The van der Waals surface area contributed by atoms with Crippen molar-refractivity contribution in [2.24, 2.45) is 5.73 Å². The fraction of sp³-hybridized carbons (Fsp3) is 0. The minimum atomic E-state index is -0.585. The molecule has 0 bridgehead atoms. The Bertz CT molecular complexity index is 1060. The molecule has 0 aliphatic carbocycles. The highest BCUT2D eigenvalue weighted by Crippen LogP contribution is 2.21. The lowest BCUT2D eigenvalue weighted by Gasteiger charge is -2.03. The van der Waals surface area contributed by atoms with Crippen molar-refractivity contribution in [1.82, 2.24) is 19.6 Å². The molecule has 0 saturated heterocycles. The number of aromatic nitrogens is 4. The second-order valence-electron chi connectivity index (χ2n) is 5.40. The number of fused-ring (bicyclic) bond motifs is 1. The summed E-state index contributed by atoms with van der Waals surface area (Å²) in [6, 6.07) is 19.1.